The highest BCUT2D eigenvalue weighted by Crippen LogP contribution is 2.17. The van der Waals surface area contributed by atoms with Crippen molar-refractivity contribution in [1.82, 2.24) is 0 Å². The first-order valence-corrected chi connectivity index (χ1v) is 7.14. The van der Waals surface area contributed by atoms with Gasteiger partial charge in [-0.25, -0.2) is 0 Å². The van der Waals surface area contributed by atoms with Gasteiger partial charge in [0.15, 0.2) is 5.78 Å². The topological polar surface area (TPSA) is 17.1 Å². The zero-order valence-electron chi connectivity index (χ0n) is 12.8. The quantitative estimate of drug-likeness (QED) is 0.731. The highest BCUT2D eigenvalue weighted by molar-refractivity contribution is 5.96. The van der Waals surface area contributed by atoms with Gasteiger partial charge in [0.2, 0.25) is 0 Å². The second-order valence-electron chi connectivity index (χ2n) is 5.67. The summed E-state index contributed by atoms with van der Waals surface area (Å²) in [5.74, 6) is 0.236. The second-order valence-corrected chi connectivity index (χ2v) is 5.67. The molecule has 0 heterocycles. The van der Waals surface area contributed by atoms with E-state index >= 15 is 0 Å². The predicted octanol–water partition coefficient (Wildman–Crippen LogP) is 4.74. The summed E-state index contributed by atoms with van der Waals surface area (Å²) in [7, 11) is 0. The molecule has 0 aliphatic rings. The summed E-state index contributed by atoms with van der Waals surface area (Å²) in [5, 5.41) is 0. The van der Waals surface area contributed by atoms with Crippen molar-refractivity contribution in [2.24, 2.45) is 0 Å². The lowest BCUT2D eigenvalue weighted by Gasteiger charge is -2.09. The van der Waals surface area contributed by atoms with Gasteiger partial charge in [-0.1, -0.05) is 35.4 Å². The summed E-state index contributed by atoms with van der Waals surface area (Å²) in [6, 6.07) is 12.4. The molecule has 20 heavy (non-hydrogen) atoms. The van der Waals surface area contributed by atoms with Crippen LogP contribution in [0.25, 0.3) is 0 Å². The van der Waals surface area contributed by atoms with Gasteiger partial charge in [0, 0.05) is 12.0 Å². The number of rotatable bonds is 4. The van der Waals surface area contributed by atoms with E-state index in [-0.39, 0.29) is 5.78 Å². The Balaban J connectivity index is 2.13. The molecule has 0 saturated heterocycles. The molecule has 0 unspecified atom stereocenters. The molecule has 0 fully saturated rings. The number of carbonyl (C=O) groups excluding carboxylic acids is 1. The third-order valence-corrected chi connectivity index (χ3v) is 3.79. The van der Waals surface area contributed by atoms with Gasteiger partial charge in [0.1, 0.15) is 0 Å². The van der Waals surface area contributed by atoms with Crippen LogP contribution >= 0.6 is 0 Å². The molecule has 0 amide bonds. The highest BCUT2D eigenvalue weighted by atomic mass is 16.1. The number of carbonyl (C=O) groups is 1. The van der Waals surface area contributed by atoms with Gasteiger partial charge >= 0.3 is 0 Å². The molecule has 2 aromatic carbocycles. The van der Waals surface area contributed by atoms with Gasteiger partial charge in [-0.15, -0.1) is 0 Å². The number of benzene rings is 2. The third kappa shape index (κ3) is 3.36. The number of aryl methyl sites for hydroxylation is 4. The van der Waals surface area contributed by atoms with E-state index in [1.54, 1.807) is 0 Å². The van der Waals surface area contributed by atoms with Gasteiger partial charge in [0.05, 0.1) is 0 Å². The standard InChI is InChI=1S/C19H22O/c1-13-10-14(2)12-17(11-13)19(20)9-8-18-15(3)6-5-7-16(18)4/h5-7,10-12H,8-9H2,1-4H3. The van der Waals surface area contributed by atoms with Gasteiger partial charge in [-0.05, 0) is 62.9 Å². The molecule has 0 N–H and O–H groups in total. The molecule has 0 aliphatic heterocycles. The predicted molar refractivity (Wildman–Crippen MR) is 84.5 cm³/mol. The fourth-order valence-corrected chi connectivity index (χ4v) is 2.76. The van der Waals surface area contributed by atoms with Crippen molar-refractivity contribution in [3.8, 4) is 0 Å². The summed E-state index contributed by atoms with van der Waals surface area (Å²) in [6.07, 6.45) is 1.40. The van der Waals surface area contributed by atoms with Crippen LogP contribution in [-0.2, 0) is 6.42 Å². The van der Waals surface area contributed by atoms with E-state index in [4.69, 9.17) is 0 Å². The smallest absolute Gasteiger partial charge is 0.163 e. The molecule has 0 bridgehead atoms. The van der Waals surface area contributed by atoms with Crippen molar-refractivity contribution in [1.29, 1.82) is 0 Å². The van der Waals surface area contributed by atoms with Crippen molar-refractivity contribution in [2.75, 3.05) is 0 Å². The number of ketones is 1. The fourth-order valence-electron chi connectivity index (χ4n) is 2.76. The van der Waals surface area contributed by atoms with Crippen LogP contribution in [0, 0.1) is 27.7 Å². The molecular formula is C19H22O. The first kappa shape index (κ1) is 14.5. The lowest BCUT2D eigenvalue weighted by Crippen LogP contribution is -2.04. The fraction of sp³-hybridized carbons (Fsp3) is 0.316. The molecule has 1 heteroatoms. The summed E-state index contributed by atoms with van der Waals surface area (Å²) in [4.78, 5) is 12.3. The summed E-state index contributed by atoms with van der Waals surface area (Å²) < 4.78 is 0. The maximum absolute atomic E-state index is 12.3. The molecule has 2 aromatic rings. The average Bonchev–Trinajstić information content (AvgIpc) is 2.36. The Morgan fingerprint density at radius 2 is 1.45 bits per heavy atom. The molecule has 2 rings (SSSR count). The van der Waals surface area contributed by atoms with E-state index in [1.807, 2.05) is 26.0 Å². The minimum absolute atomic E-state index is 0.236. The first-order valence-electron chi connectivity index (χ1n) is 7.14. The zero-order chi connectivity index (χ0) is 14.7. The van der Waals surface area contributed by atoms with E-state index in [9.17, 15) is 4.79 Å². The van der Waals surface area contributed by atoms with E-state index in [2.05, 4.69) is 38.1 Å². The summed E-state index contributed by atoms with van der Waals surface area (Å²) in [6.45, 7) is 8.30. The lowest BCUT2D eigenvalue weighted by molar-refractivity contribution is 0.0982. The van der Waals surface area contributed by atoms with E-state index in [0.29, 0.717) is 6.42 Å². The molecule has 0 radical (unpaired) electrons. The van der Waals surface area contributed by atoms with Gasteiger partial charge in [-0.2, -0.15) is 0 Å². The van der Waals surface area contributed by atoms with Crippen molar-refractivity contribution in [3.05, 3.63) is 69.8 Å². The summed E-state index contributed by atoms with van der Waals surface area (Å²) >= 11 is 0. The van der Waals surface area contributed by atoms with Crippen LogP contribution in [0.3, 0.4) is 0 Å². The van der Waals surface area contributed by atoms with Gasteiger partial charge in [-0.3, -0.25) is 4.79 Å². The van der Waals surface area contributed by atoms with Crippen LogP contribution in [0.1, 0.15) is 44.6 Å². The van der Waals surface area contributed by atoms with Crippen LogP contribution < -0.4 is 0 Å². The number of Topliss-reactive ketones (excluding diaryl/α,β-unsaturated/α-hetero) is 1. The Morgan fingerprint density at radius 3 is 2.00 bits per heavy atom. The highest BCUT2D eigenvalue weighted by Gasteiger charge is 2.09. The van der Waals surface area contributed by atoms with Crippen LogP contribution in [0.4, 0.5) is 0 Å². The number of hydrogen-bond acceptors (Lipinski definition) is 1. The van der Waals surface area contributed by atoms with Crippen LogP contribution in [-0.4, -0.2) is 5.78 Å². The minimum atomic E-state index is 0.236. The molecular weight excluding hydrogens is 244 g/mol. The van der Waals surface area contributed by atoms with Crippen molar-refractivity contribution in [2.45, 2.75) is 40.5 Å². The first-order chi connectivity index (χ1) is 9.47. The second kappa shape index (κ2) is 6.04. The maximum Gasteiger partial charge on any atom is 0.163 e. The van der Waals surface area contributed by atoms with E-state index < -0.39 is 0 Å². The van der Waals surface area contributed by atoms with E-state index in [1.165, 1.54) is 16.7 Å². The van der Waals surface area contributed by atoms with Crippen molar-refractivity contribution < 1.29 is 4.79 Å². The Hall–Kier alpha value is -1.89. The maximum atomic E-state index is 12.3. The normalized spacial score (nSPS) is 10.6. The molecule has 0 atom stereocenters. The van der Waals surface area contributed by atoms with Gasteiger partial charge in [0.25, 0.3) is 0 Å². The molecule has 0 spiro atoms. The molecule has 1 nitrogen and oxygen atoms in total. The number of hydrogen-bond donors (Lipinski definition) is 0. The largest absolute Gasteiger partial charge is 0.294 e. The SMILES string of the molecule is Cc1cc(C)cc(C(=O)CCc2c(C)cccc2C)c1. The zero-order valence-corrected chi connectivity index (χ0v) is 12.8. The van der Waals surface area contributed by atoms with Crippen molar-refractivity contribution >= 4 is 5.78 Å². The Labute approximate surface area is 121 Å². The molecule has 104 valence electrons. The third-order valence-electron chi connectivity index (χ3n) is 3.79. The Morgan fingerprint density at radius 1 is 0.900 bits per heavy atom. The molecule has 0 aromatic heterocycles. The van der Waals surface area contributed by atoms with Crippen molar-refractivity contribution in [3.63, 3.8) is 0 Å². The summed E-state index contributed by atoms with van der Waals surface area (Å²) in [5.41, 5.74) is 7.01. The minimum Gasteiger partial charge on any atom is -0.294 e. The van der Waals surface area contributed by atoms with Crippen LogP contribution in [0.2, 0.25) is 0 Å². The van der Waals surface area contributed by atoms with Crippen LogP contribution in [0.5, 0.6) is 0 Å². The monoisotopic (exact) mass is 266 g/mol. The van der Waals surface area contributed by atoms with Gasteiger partial charge < -0.3 is 0 Å². The molecule has 0 saturated carbocycles. The Kier molecular flexibility index (Phi) is 4.39. The Bertz CT molecular complexity index is 598. The average molecular weight is 266 g/mol. The molecule has 0 aliphatic carbocycles. The lowest BCUT2D eigenvalue weighted by atomic mass is 9.95. The van der Waals surface area contributed by atoms with E-state index in [0.717, 1.165) is 23.1 Å². The van der Waals surface area contributed by atoms with Crippen LogP contribution in [0.15, 0.2) is 36.4 Å².